The first-order valence-corrected chi connectivity index (χ1v) is 12.4. The molecule has 0 aliphatic carbocycles. The van der Waals surface area contributed by atoms with Gasteiger partial charge in [0.2, 0.25) is 0 Å². The molecule has 0 bridgehead atoms. The Hall–Kier alpha value is -3.45. The number of fused-ring (bicyclic) bond motifs is 1. The van der Waals surface area contributed by atoms with Crippen molar-refractivity contribution in [1.29, 1.82) is 0 Å². The Morgan fingerprint density at radius 3 is 2.47 bits per heavy atom. The number of hydrogen-bond acceptors (Lipinski definition) is 5. The Bertz CT molecular complexity index is 1370. The number of carbonyl (C=O) groups is 1. The maximum atomic E-state index is 12.0. The largest absolute Gasteiger partial charge is 0.493 e. The number of carbonyl (C=O) groups excluding carboxylic acids is 1. The molecular weight excluding hydrogens is 452 g/mol. The quantitative estimate of drug-likeness (QED) is 0.280. The van der Waals surface area contributed by atoms with Crippen LogP contribution in [0.3, 0.4) is 0 Å². The average molecular weight is 489 g/mol. The van der Waals surface area contributed by atoms with Crippen LogP contribution >= 0.6 is 0 Å². The molecule has 0 spiro atoms. The van der Waals surface area contributed by atoms with E-state index in [-0.39, 0.29) is 17.8 Å². The molecule has 7 nitrogen and oxygen atoms in total. The first-order chi connectivity index (χ1) is 17.0. The van der Waals surface area contributed by atoms with Crippen LogP contribution in [0.1, 0.15) is 54.2 Å². The third-order valence-electron chi connectivity index (χ3n) is 6.16. The topological polar surface area (TPSA) is 71.2 Å². The van der Waals surface area contributed by atoms with Gasteiger partial charge in [-0.2, -0.15) is 10.2 Å². The van der Waals surface area contributed by atoms with E-state index in [9.17, 15) is 4.79 Å². The van der Waals surface area contributed by atoms with Gasteiger partial charge in [-0.3, -0.25) is 9.48 Å². The fourth-order valence-electron chi connectivity index (χ4n) is 3.83. The minimum Gasteiger partial charge on any atom is -0.493 e. The van der Waals surface area contributed by atoms with E-state index in [2.05, 4.69) is 51.0 Å². The molecule has 0 amide bonds. The molecule has 0 radical (unpaired) electrons. The van der Waals surface area contributed by atoms with Crippen LogP contribution in [-0.4, -0.2) is 37.6 Å². The normalized spacial score (nSPS) is 12.3. The van der Waals surface area contributed by atoms with E-state index in [0.717, 1.165) is 45.8 Å². The molecule has 2 aromatic carbocycles. The van der Waals surface area contributed by atoms with Crippen LogP contribution in [0.5, 0.6) is 5.75 Å². The second kappa shape index (κ2) is 9.90. The monoisotopic (exact) mass is 488 g/mol. The molecule has 190 valence electrons. The second-order valence-corrected chi connectivity index (χ2v) is 10.8. The van der Waals surface area contributed by atoms with E-state index in [4.69, 9.17) is 14.6 Å². The fraction of sp³-hybridized carbons (Fsp3) is 0.414. The van der Waals surface area contributed by atoms with E-state index < -0.39 is 5.60 Å². The highest BCUT2D eigenvalue weighted by molar-refractivity contribution is 5.87. The predicted molar refractivity (Wildman–Crippen MR) is 142 cm³/mol. The zero-order valence-electron chi connectivity index (χ0n) is 22.3. The van der Waals surface area contributed by atoms with Crippen LogP contribution in [0.2, 0.25) is 0 Å². The first kappa shape index (κ1) is 25.6. The lowest BCUT2D eigenvalue weighted by Crippen LogP contribution is -2.32. The van der Waals surface area contributed by atoms with Gasteiger partial charge in [0, 0.05) is 17.5 Å². The highest BCUT2D eigenvalue weighted by Gasteiger charge is 2.25. The molecule has 0 aliphatic heterocycles. The third kappa shape index (κ3) is 5.51. The van der Waals surface area contributed by atoms with Crippen molar-refractivity contribution < 1.29 is 14.3 Å². The standard InChI is InChI=1S/C29H36N4O3/c1-8-32-27-22(17-30-32)12-10-14-25(27)33-26(16-23(31-33)18-36-29(6,7)20(2)34)21-11-9-13-24(15-21)35-19-28(3,4)5/h9-17H,8,18-19H2,1-7H3. The summed E-state index contributed by atoms with van der Waals surface area (Å²) in [4.78, 5) is 12.0. The molecule has 0 N–H and O–H groups in total. The van der Waals surface area contributed by atoms with Gasteiger partial charge in [0.15, 0.2) is 5.78 Å². The van der Waals surface area contributed by atoms with Crippen molar-refractivity contribution in [1.82, 2.24) is 19.6 Å². The van der Waals surface area contributed by atoms with Crippen LogP contribution in [-0.2, 0) is 22.7 Å². The molecule has 4 rings (SSSR count). The van der Waals surface area contributed by atoms with Gasteiger partial charge in [-0.15, -0.1) is 0 Å². The summed E-state index contributed by atoms with van der Waals surface area (Å²) in [6.07, 6.45) is 1.88. The Labute approximate surface area is 213 Å². The molecule has 7 heteroatoms. The summed E-state index contributed by atoms with van der Waals surface area (Å²) >= 11 is 0. The SMILES string of the molecule is CCn1ncc2cccc(-n3nc(COC(C)(C)C(C)=O)cc3-c3cccc(OCC(C)(C)C)c3)c21. The highest BCUT2D eigenvalue weighted by Crippen LogP contribution is 2.31. The lowest BCUT2D eigenvalue weighted by atomic mass is 9.99. The summed E-state index contributed by atoms with van der Waals surface area (Å²) in [7, 11) is 0. The lowest BCUT2D eigenvalue weighted by Gasteiger charge is -2.21. The van der Waals surface area contributed by atoms with Crippen LogP contribution in [0.25, 0.3) is 27.8 Å². The van der Waals surface area contributed by atoms with Crippen molar-refractivity contribution in [3.63, 3.8) is 0 Å². The Kier molecular flexibility index (Phi) is 7.05. The van der Waals surface area contributed by atoms with Gasteiger partial charge in [-0.25, -0.2) is 4.68 Å². The van der Waals surface area contributed by atoms with E-state index >= 15 is 0 Å². The number of para-hydroxylation sites is 1. The summed E-state index contributed by atoms with van der Waals surface area (Å²) in [6.45, 7) is 15.2. The number of benzene rings is 2. The minimum absolute atomic E-state index is 0.0255. The predicted octanol–water partition coefficient (Wildman–Crippen LogP) is 6.22. The van der Waals surface area contributed by atoms with Gasteiger partial charge in [0.25, 0.3) is 0 Å². The molecule has 0 fully saturated rings. The molecular formula is C29H36N4O3. The molecule has 0 aliphatic rings. The minimum atomic E-state index is -0.883. The fourth-order valence-corrected chi connectivity index (χ4v) is 3.83. The number of aryl methyl sites for hydroxylation is 1. The Morgan fingerprint density at radius 1 is 1.03 bits per heavy atom. The van der Waals surface area contributed by atoms with Crippen LogP contribution < -0.4 is 4.74 Å². The van der Waals surface area contributed by atoms with Crippen molar-refractivity contribution in [2.45, 2.75) is 67.2 Å². The first-order valence-electron chi connectivity index (χ1n) is 12.4. The molecule has 0 atom stereocenters. The summed E-state index contributed by atoms with van der Waals surface area (Å²) in [6, 6.07) is 16.2. The van der Waals surface area contributed by atoms with Crippen LogP contribution in [0.4, 0.5) is 0 Å². The van der Waals surface area contributed by atoms with Gasteiger partial charge in [-0.05, 0) is 57.4 Å². The number of hydrogen-bond donors (Lipinski definition) is 0. The van der Waals surface area contributed by atoms with Crippen molar-refractivity contribution in [2.75, 3.05) is 6.61 Å². The number of Topliss-reactive ketones (excluding diaryl/α,β-unsaturated/α-hetero) is 1. The van der Waals surface area contributed by atoms with E-state index in [1.54, 1.807) is 20.8 Å². The third-order valence-corrected chi connectivity index (χ3v) is 6.16. The van der Waals surface area contributed by atoms with Gasteiger partial charge in [-0.1, -0.05) is 45.0 Å². The lowest BCUT2D eigenvalue weighted by molar-refractivity contribution is -0.139. The van der Waals surface area contributed by atoms with E-state index in [1.165, 1.54) is 0 Å². The molecule has 2 aromatic heterocycles. The van der Waals surface area contributed by atoms with Crippen molar-refractivity contribution in [3.8, 4) is 22.7 Å². The zero-order valence-corrected chi connectivity index (χ0v) is 22.3. The summed E-state index contributed by atoms with van der Waals surface area (Å²) in [5.74, 6) is 0.782. The van der Waals surface area contributed by atoms with Crippen molar-refractivity contribution in [2.24, 2.45) is 5.41 Å². The van der Waals surface area contributed by atoms with Crippen LogP contribution in [0, 0.1) is 5.41 Å². The summed E-state index contributed by atoms with van der Waals surface area (Å²) in [5.41, 5.74) is 3.74. The number of ketones is 1. The van der Waals surface area contributed by atoms with E-state index in [1.807, 2.05) is 45.9 Å². The molecule has 2 heterocycles. The van der Waals surface area contributed by atoms with E-state index in [0.29, 0.717) is 6.61 Å². The average Bonchev–Trinajstić information content (AvgIpc) is 3.45. The number of nitrogens with zero attached hydrogens (tertiary/aromatic N) is 4. The van der Waals surface area contributed by atoms with Crippen molar-refractivity contribution in [3.05, 3.63) is 60.4 Å². The summed E-state index contributed by atoms with van der Waals surface area (Å²) in [5, 5.41) is 10.5. The molecule has 0 saturated heterocycles. The zero-order chi connectivity index (χ0) is 26.1. The maximum Gasteiger partial charge on any atom is 0.161 e. The highest BCUT2D eigenvalue weighted by atomic mass is 16.5. The Morgan fingerprint density at radius 2 is 1.78 bits per heavy atom. The number of ether oxygens (including phenoxy) is 2. The van der Waals surface area contributed by atoms with Gasteiger partial charge >= 0.3 is 0 Å². The van der Waals surface area contributed by atoms with Crippen molar-refractivity contribution >= 4 is 16.7 Å². The number of rotatable bonds is 9. The summed E-state index contributed by atoms with van der Waals surface area (Å²) < 4.78 is 16.0. The smallest absolute Gasteiger partial charge is 0.161 e. The van der Waals surface area contributed by atoms with Gasteiger partial charge in [0.05, 0.1) is 42.0 Å². The molecule has 36 heavy (non-hydrogen) atoms. The molecule has 0 saturated carbocycles. The number of aromatic nitrogens is 4. The molecule has 0 unspecified atom stereocenters. The maximum absolute atomic E-state index is 12.0. The second-order valence-electron chi connectivity index (χ2n) is 10.8. The van der Waals surface area contributed by atoms with Gasteiger partial charge < -0.3 is 9.47 Å². The van der Waals surface area contributed by atoms with Crippen LogP contribution in [0.15, 0.2) is 54.7 Å². The molecule has 4 aromatic rings. The van der Waals surface area contributed by atoms with Gasteiger partial charge in [0.1, 0.15) is 11.4 Å². The Balaban J connectivity index is 1.81.